The predicted octanol–water partition coefficient (Wildman–Crippen LogP) is 3.48. The van der Waals surface area contributed by atoms with E-state index < -0.39 is 0 Å². The van der Waals surface area contributed by atoms with E-state index >= 15 is 0 Å². The van der Waals surface area contributed by atoms with Crippen LogP contribution in [0.15, 0.2) is 54.6 Å². The molecule has 140 valence electrons. The van der Waals surface area contributed by atoms with Gasteiger partial charge in [-0.25, -0.2) is 0 Å². The van der Waals surface area contributed by atoms with Gasteiger partial charge in [0.1, 0.15) is 6.54 Å². The number of hydrogen-bond donors (Lipinski definition) is 0. The molecule has 3 rings (SSSR count). The minimum absolute atomic E-state index is 0.0416. The van der Waals surface area contributed by atoms with Crippen molar-refractivity contribution in [2.45, 2.75) is 46.3 Å². The number of hydrogen-bond acceptors (Lipinski definition) is 4. The largest absolute Gasteiger partial charge is 0.332 e. The molecule has 6 nitrogen and oxygen atoms in total. The summed E-state index contributed by atoms with van der Waals surface area (Å²) >= 11 is 0. The first-order valence-corrected chi connectivity index (χ1v) is 9.03. The fourth-order valence-corrected chi connectivity index (χ4v) is 2.91. The highest BCUT2D eigenvalue weighted by Crippen LogP contribution is 2.20. The van der Waals surface area contributed by atoms with Crippen LogP contribution in [-0.2, 0) is 17.9 Å². The lowest BCUT2D eigenvalue weighted by Gasteiger charge is -2.35. The van der Waals surface area contributed by atoms with E-state index in [0.29, 0.717) is 12.4 Å². The molecule has 0 saturated carbocycles. The molecule has 0 radical (unpaired) electrons. The topological polar surface area (TPSA) is 63.9 Å². The molecule has 1 amide bonds. The molecule has 2 aromatic carbocycles. The summed E-state index contributed by atoms with van der Waals surface area (Å²) in [6, 6.07) is 17.8. The summed E-state index contributed by atoms with van der Waals surface area (Å²) in [6.07, 6.45) is 0. The molecule has 1 heterocycles. The highest BCUT2D eigenvalue weighted by Gasteiger charge is 2.27. The van der Waals surface area contributed by atoms with E-state index in [0.717, 1.165) is 16.7 Å². The first kappa shape index (κ1) is 18.8. The molecule has 1 aromatic heterocycles. The van der Waals surface area contributed by atoms with Crippen LogP contribution < -0.4 is 0 Å². The van der Waals surface area contributed by atoms with Gasteiger partial charge in [0.2, 0.25) is 11.7 Å². The Balaban J connectivity index is 1.77. The standard InChI is InChI=1S/C21H25N5O/c1-16-10-8-9-13-18(16)20-22-24-26(23-20)15-19(27)25(21(2,3)4)14-17-11-6-5-7-12-17/h5-13H,14-15H2,1-4H3. The van der Waals surface area contributed by atoms with Crippen LogP contribution in [0.4, 0.5) is 0 Å². The SMILES string of the molecule is Cc1ccccc1-c1nnn(CC(=O)N(Cc2ccccc2)C(C)(C)C)n1. The van der Waals surface area contributed by atoms with Gasteiger partial charge in [0.15, 0.2) is 0 Å². The maximum absolute atomic E-state index is 13.0. The highest BCUT2D eigenvalue weighted by atomic mass is 16.2. The van der Waals surface area contributed by atoms with Gasteiger partial charge in [-0.2, -0.15) is 4.80 Å². The van der Waals surface area contributed by atoms with Crippen molar-refractivity contribution < 1.29 is 4.79 Å². The van der Waals surface area contributed by atoms with Crippen molar-refractivity contribution in [2.75, 3.05) is 0 Å². The molecule has 0 fully saturated rings. The third kappa shape index (κ3) is 4.58. The fraction of sp³-hybridized carbons (Fsp3) is 0.333. The molecule has 0 unspecified atom stereocenters. The number of amides is 1. The number of benzene rings is 2. The molecule has 0 spiro atoms. The molecule has 0 bridgehead atoms. The van der Waals surface area contributed by atoms with Gasteiger partial charge in [-0.15, -0.1) is 10.2 Å². The lowest BCUT2D eigenvalue weighted by molar-refractivity contribution is -0.137. The van der Waals surface area contributed by atoms with Gasteiger partial charge >= 0.3 is 0 Å². The van der Waals surface area contributed by atoms with Crippen molar-refractivity contribution in [3.8, 4) is 11.4 Å². The minimum Gasteiger partial charge on any atom is -0.332 e. The number of rotatable bonds is 5. The molecule has 0 atom stereocenters. The summed E-state index contributed by atoms with van der Waals surface area (Å²) in [6.45, 7) is 8.69. The van der Waals surface area contributed by atoms with Crippen LogP contribution in [0.25, 0.3) is 11.4 Å². The Bertz CT molecular complexity index is 912. The van der Waals surface area contributed by atoms with E-state index in [1.165, 1.54) is 4.80 Å². The molecule has 3 aromatic rings. The van der Waals surface area contributed by atoms with Crippen LogP contribution in [0.1, 0.15) is 31.9 Å². The molecule has 0 aliphatic heterocycles. The van der Waals surface area contributed by atoms with Crippen molar-refractivity contribution in [1.29, 1.82) is 0 Å². The Labute approximate surface area is 159 Å². The molecular weight excluding hydrogens is 338 g/mol. The van der Waals surface area contributed by atoms with Crippen molar-refractivity contribution in [2.24, 2.45) is 0 Å². The van der Waals surface area contributed by atoms with E-state index in [4.69, 9.17) is 0 Å². The van der Waals surface area contributed by atoms with Crippen molar-refractivity contribution in [1.82, 2.24) is 25.1 Å². The third-order valence-electron chi connectivity index (χ3n) is 4.41. The van der Waals surface area contributed by atoms with E-state index in [9.17, 15) is 4.79 Å². The molecule has 6 heteroatoms. The van der Waals surface area contributed by atoms with E-state index in [-0.39, 0.29) is 18.0 Å². The summed E-state index contributed by atoms with van der Waals surface area (Å²) in [5.41, 5.74) is 2.77. The quantitative estimate of drug-likeness (QED) is 0.696. The zero-order chi connectivity index (χ0) is 19.4. The maximum Gasteiger partial charge on any atom is 0.246 e. The smallest absolute Gasteiger partial charge is 0.246 e. The second-order valence-corrected chi connectivity index (χ2v) is 7.59. The summed E-state index contributed by atoms with van der Waals surface area (Å²) in [4.78, 5) is 16.2. The van der Waals surface area contributed by atoms with Crippen LogP contribution >= 0.6 is 0 Å². The second-order valence-electron chi connectivity index (χ2n) is 7.59. The summed E-state index contributed by atoms with van der Waals surface area (Å²) < 4.78 is 0. The Morgan fingerprint density at radius 3 is 2.37 bits per heavy atom. The Morgan fingerprint density at radius 1 is 1.04 bits per heavy atom. The van der Waals surface area contributed by atoms with Gasteiger partial charge in [-0.05, 0) is 44.0 Å². The van der Waals surface area contributed by atoms with Gasteiger partial charge in [-0.1, -0.05) is 54.6 Å². The van der Waals surface area contributed by atoms with Crippen LogP contribution in [-0.4, -0.2) is 36.6 Å². The van der Waals surface area contributed by atoms with Crippen LogP contribution in [0, 0.1) is 6.92 Å². The average molecular weight is 363 g/mol. The molecule has 0 N–H and O–H groups in total. The number of carbonyl (C=O) groups excluding carboxylic acids is 1. The molecule has 27 heavy (non-hydrogen) atoms. The Hall–Kier alpha value is -3.02. The minimum atomic E-state index is -0.313. The highest BCUT2D eigenvalue weighted by molar-refractivity contribution is 5.76. The summed E-state index contributed by atoms with van der Waals surface area (Å²) in [5, 5.41) is 12.6. The number of tetrazole rings is 1. The number of aromatic nitrogens is 4. The van der Waals surface area contributed by atoms with E-state index in [1.54, 1.807) is 0 Å². The van der Waals surface area contributed by atoms with Crippen molar-refractivity contribution in [3.63, 3.8) is 0 Å². The Kier molecular flexibility index (Phi) is 5.35. The van der Waals surface area contributed by atoms with Crippen molar-refractivity contribution >= 4 is 5.91 Å². The first-order chi connectivity index (χ1) is 12.8. The lowest BCUT2D eigenvalue weighted by Crippen LogP contribution is -2.46. The predicted molar refractivity (Wildman–Crippen MR) is 105 cm³/mol. The number of nitrogens with zero attached hydrogens (tertiary/aromatic N) is 5. The zero-order valence-corrected chi connectivity index (χ0v) is 16.3. The normalized spacial score (nSPS) is 11.4. The third-order valence-corrected chi connectivity index (χ3v) is 4.41. The van der Waals surface area contributed by atoms with Gasteiger partial charge in [0.25, 0.3) is 0 Å². The van der Waals surface area contributed by atoms with Gasteiger partial charge in [-0.3, -0.25) is 4.79 Å². The van der Waals surface area contributed by atoms with Crippen LogP contribution in [0.2, 0.25) is 0 Å². The summed E-state index contributed by atoms with van der Waals surface area (Å²) in [5.74, 6) is 0.492. The molecule has 0 aliphatic rings. The van der Waals surface area contributed by atoms with Crippen LogP contribution in [0.5, 0.6) is 0 Å². The number of aryl methyl sites for hydroxylation is 1. The molecular formula is C21H25N5O. The average Bonchev–Trinajstić information content (AvgIpc) is 3.08. The maximum atomic E-state index is 13.0. The van der Waals surface area contributed by atoms with Gasteiger partial charge < -0.3 is 4.90 Å². The molecule has 0 saturated heterocycles. The summed E-state index contributed by atoms with van der Waals surface area (Å²) in [7, 11) is 0. The number of carbonyl (C=O) groups is 1. The van der Waals surface area contributed by atoms with E-state index in [1.807, 2.05) is 87.2 Å². The first-order valence-electron chi connectivity index (χ1n) is 9.03. The lowest BCUT2D eigenvalue weighted by atomic mass is 10.0. The Morgan fingerprint density at radius 2 is 1.70 bits per heavy atom. The van der Waals surface area contributed by atoms with Crippen molar-refractivity contribution in [3.05, 3.63) is 65.7 Å². The zero-order valence-electron chi connectivity index (χ0n) is 16.3. The van der Waals surface area contributed by atoms with E-state index in [2.05, 4.69) is 15.4 Å². The fourth-order valence-electron chi connectivity index (χ4n) is 2.91. The van der Waals surface area contributed by atoms with Gasteiger partial charge in [0.05, 0.1) is 0 Å². The molecule has 0 aliphatic carbocycles. The monoisotopic (exact) mass is 363 g/mol. The van der Waals surface area contributed by atoms with Gasteiger partial charge in [0, 0.05) is 17.6 Å². The van der Waals surface area contributed by atoms with Crippen LogP contribution in [0.3, 0.4) is 0 Å². The second kappa shape index (κ2) is 7.70.